The van der Waals surface area contributed by atoms with Crippen LogP contribution in [-0.4, -0.2) is 11.0 Å². The third kappa shape index (κ3) is 3.78. The summed E-state index contributed by atoms with van der Waals surface area (Å²) in [6, 6.07) is 12.2. The molecule has 0 aliphatic carbocycles. The topological polar surface area (TPSA) is 48.7 Å². The molecule has 1 N–H and O–H groups in total. The van der Waals surface area contributed by atoms with E-state index in [0.29, 0.717) is 17.8 Å². The second-order valence-corrected chi connectivity index (χ2v) is 4.42. The lowest BCUT2D eigenvalue weighted by atomic mass is 10.1. The molecule has 0 saturated carbocycles. The maximum atomic E-state index is 13.1. The molecule has 0 saturated heterocycles. The fourth-order valence-electron chi connectivity index (χ4n) is 1.87. The summed E-state index contributed by atoms with van der Waals surface area (Å²) >= 11 is 0. The monoisotopic (exact) mass is 255 g/mol. The summed E-state index contributed by atoms with van der Waals surface area (Å²) in [5, 5.41) is 11.9. The minimum Gasteiger partial charge on any atom is -0.367 e. The van der Waals surface area contributed by atoms with Crippen LogP contribution in [0.5, 0.6) is 0 Å². The van der Waals surface area contributed by atoms with Crippen molar-refractivity contribution < 1.29 is 4.39 Å². The predicted octanol–water partition coefficient (Wildman–Crippen LogP) is 3.14. The molecular formula is C15H14FN3. The highest BCUT2D eigenvalue weighted by molar-refractivity contribution is 5.40. The van der Waals surface area contributed by atoms with Gasteiger partial charge in [-0.1, -0.05) is 12.1 Å². The smallest absolute Gasteiger partial charge is 0.126 e. The summed E-state index contributed by atoms with van der Waals surface area (Å²) in [5.74, 6) is 0.490. The normalized spacial score (nSPS) is 11.6. The van der Waals surface area contributed by atoms with E-state index in [1.807, 2.05) is 19.1 Å². The number of hydrogen-bond acceptors (Lipinski definition) is 3. The molecule has 3 nitrogen and oxygen atoms in total. The maximum absolute atomic E-state index is 13.1. The highest BCUT2D eigenvalue weighted by Crippen LogP contribution is 2.10. The van der Waals surface area contributed by atoms with Gasteiger partial charge >= 0.3 is 0 Å². The fourth-order valence-corrected chi connectivity index (χ4v) is 1.87. The summed E-state index contributed by atoms with van der Waals surface area (Å²) in [7, 11) is 0. The Balaban J connectivity index is 1.97. The van der Waals surface area contributed by atoms with Crippen molar-refractivity contribution in [3.63, 3.8) is 0 Å². The van der Waals surface area contributed by atoms with E-state index >= 15 is 0 Å². The van der Waals surface area contributed by atoms with Crippen LogP contribution in [0.1, 0.15) is 18.1 Å². The number of aromatic nitrogens is 1. The van der Waals surface area contributed by atoms with Crippen molar-refractivity contribution in [3.05, 3.63) is 59.5 Å². The Morgan fingerprint density at radius 1 is 1.37 bits per heavy atom. The quantitative estimate of drug-likeness (QED) is 0.913. The third-order valence-corrected chi connectivity index (χ3v) is 2.72. The van der Waals surface area contributed by atoms with Crippen LogP contribution in [0.4, 0.5) is 10.2 Å². The Labute approximate surface area is 111 Å². The molecular weight excluding hydrogens is 241 g/mol. The van der Waals surface area contributed by atoms with Crippen LogP contribution in [0.2, 0.25) is 0 Å². The van der Waals surface area contributed by atoms with Gasteiger partial charge in [-0.3, -0.25) is 0 Å². The van der Waals surface area contributed by atoms with Gasteiger partial charge in [0.25, 0.3) is 0 Å². The van der Waals surface area contributed by atoms with E-state index in [9.17, 15) is 4.39 Å². The molecule has 19 heavy (non-hydrogen) atoms. The standard InChI is InChI=1S/C15H14FN3/c1-11(7-12-3-2-4-14(16)8-12)19-15-6-5-13(9-17)10-18-15/h2-6,8,10-11H,7H2,1H3,(H,18,19). The molecule has 0 fully saturated rings. The fraction of sp³-hybridized carbons (Fsp3) is 0.200. The Kier molecular flexibility index (Phi) is 4.09. The number of halogens is 1. The number of benzene rings is 1. The molecule has 0 aliphatic rings. The molecule has 0 bridgehead atoms. The molecule has 96 valence electrons. The highest BCUT2D eigenvalue weighted by Gasteiger charge is 2.05. The molecule has 1 aromatic heterocycles. The molecule has 0 radical (unpaired) electrons. The zero-order chi connectivity index (χ0) is 13.7. The summed E-state index contributed by atoms with van der Waals surface area (Å²) in [6.45, 7) is 2.00. The average Bonchev–Trinajstić information content (AvgIpc) is 2.39. The second kappa shape index (κ2) is 5.96. The van der Waals surface area contributed by atoms with Crippen LogP contribution < -0.4 is 5.32 Å². The van der Waals surface area contributed by atoms with E-state index in [1.165, 1.54) is 18.3 Å². The average molecular weight is 255 g/mol. The summed E-state index contributed by atoms with van der Waals surface area (Å²) < 4.78 is 13.1. The van der Waals surface area contributed by atoms with Crippen LogP contribution >= 0.6 is 0 Å². The maximum Gasteiger partial charge on any atom is 0.126 e. The molecule has 1 heterocycles. The van der Waals surface area contributed by atoms with Gasteiger partial charge < -0.3 is 5.32 Å². The van der Waals surface area contributed by atoms with E-state index < -0.39 is 0 Å². The van der Waals surface area contributed by atoms with E-state index in [-0.39, 0.29) is 11.9 Å². The van der Waals surface area contributed by atoms with Gasteiger partial charge in [-0.2, -0.15) is 5.26 Å². The summed E-state index contributed by atoms with van der Waals surface area (Å²) in [6.07, 6.45) is 2.23. The Bertz CT molecular complexity index is 587. The third-order valence-electron chi connectivity index (χ3n) is 2.72. The summed E-state index contributed by atoms with van der Waals surface area (Å²) in [4.78, 5) is 4.14. The van der Waals surface area contributed by atoms with E-state index in [4.69, 9.17) is 5.26 Å². The first-order chi connectivity index (χ1) is 9.17. The number of nitrogens with one attached hydrogen (secondary N) is 1. The lowest BCUT2D eigenvalue weighted by Crippen LogP contribution is -2.18. The van der Waals surface area contributed by atoms with Crippen LogP contribution in [-0.2, 0) is 6.42 Å². The van der Waals surface area contributed by atoms with E-state index in [1.54, 1.807) is 18.2 Å². The van der Waals surface area contributed by atoms with Crippen molar-refractivity contribution in [2.75, 3.05) is 5.32 Å². The van der Waals surface area contributed by atoms with Gasteiger partial charge in [-0.25, -0.2) is 9.37 Å². The van der Waals surface area contributed by atoms with Crippen molar-refractivity contribution >= 4 is 5.82 Å². The molecule has 0 aliphatic heterocycles. The Morgan fingerprint density at radius 3 is 2.84 bits per heavy atom. The van der Waals surface area contributed by atoms with Gasteiger partial charge in [-0.15, -0.1) is 0 Å². The number of nitriles is 1. The van der Waals surface area contributed by atoms with Gasteiger partial charge in [-0.05, 0) is 43.2 Å². The zero-order valence-corrected chi connectivity index (χ0v) is 10.6. The van der Waals surface area contributed by atoms with Gasteiger partial charge in [0, 0.05) is 12.2 Å². The van der Waals surface area contributed by atoms with Crippen molar-refractivity contribution in [1.29, 1.82) is 5.26 Å². The molecule has 0 amide bonds. The number of pyridine rings is 1. The first-order valence-corrected chi connectivity index (χ1v) is 6.04. The lowest BCUT2D eigenvalue weighted by molar-refractivity contribution is 0.624. The second-order valence-electron chi connectivity index (χ2n) is 4.42. The minimum absolute atomic E-state index is 0.127. The van der Waals surface area contributed by atoms with Crippen LogP contribution in [0.25, 0.3) is 0 Å². The molecule has 1 atom stereocenters. The number of nitrogens with zero attached hydrogens (tertiary/aromatic N) is 2. The number of anilines is 1. The highest BCUT2D eigenvalue weighted by atomic mass is 19.1. The van der Waals surface area contributed by atoms with Crippen LogP contribution in [0.15, 0.2) is 42.6 Å². The number of rotatable bonds is 4. The predicted molar refractivity (Wildman–Crippen MR) is 72.1 cm³/mol. The molecule has 2 aromatic rings. The molecule has 1 aromatic carbocycles. The first-order valence-electron chi connectivity index (χ1n) is 6.04. The van der Waals surface area contributed by atoms with Gasteiger partial charge in [0.05, 0.1) is 5.56 Å². The van der Waals surface area contributed by atoms with E-state index in [2.05, 4.69) is 10.3 Å². The zero-order valence-electron chi connectivity index (χ0n) is 10.6. The van der Waals surface area contributed by atoms with Crippen molar-refractivity contribution in [2.24, 2.45) is 0 Å². The Morgan fingerprint density at radius 2 is 2.21 bits per heavy atom. The molecule has 4 heteroatoms. The van der Waals surface area contributed by atoms with Gasteiger partial charge in [0.15, 0.2) is 0 Å². The Hall–Kier alpha value is -2.41. The first kappa shape index (κ1) is 13.0. The van der Waals surface area contributed by atoms with Crippen molar-refractivity contribution in [1.82, 2.24) is 4.98 Å². The van der Waals surface area contributed by atoms with Gasteiger partial charge in [0.2, 0.25) is 0 Å². The molecule has 1 unspecified atom stereocenters. The molecule has 2 rings (SSSR count). The SMILES string of the molecule is CC(Cc1cccc(F)c1)Nc1ccc(C#N)cn1. The van der Waals surface area contributed by atoms with E-state index in [0.717, 1.165) is 5.56 Å². The van der Waals surface area contributed by atoms with Crippen LogP contribution in [0, 0.1) is 17.1 Å². The summed E-state index contributed by atoms with van der Waals surface area (Å²) in [5.41, 5.74) is 1.47. The van der Waals surface area contributed by atoms with Crippen LogP contribution in [0.3, 0.4) is 0 Å². The van der Waals surface area contributed by atoms with Crippen molar-refractivity contribution in [2.45, 2.75) is 19.4 Å². The van der Waals surface area contributed by atoms with Crippen molar-refractivity contribution in [3.8, 4) is 6.07 Å². The lowest BCUT2D eigenvalue weighted by Gasteiger charge is -2.14. The van der Waals surface area contributed by atoms with Gasteiger partial charge in [0.1, 0.15) is 17.7 Å². The largest absolute Gasteiger partial charge is 0.367 e. The molecule has 0 spiro atoms. The minimum atomic E-state index is -0.221. The number of hydrogen-bond donors (Lipinski definition) is 1.